The first-order valence-corrected chi connectivity index (χ1v) is 3.89. The first kappa shape index (κ1) is 9.64. The molecule has 0 aliphatic rings. The number of hydrogen-bond acceptors (Lipinski definition) is 5. The van der Waals surface area contributed by atoms with Gasteiger partial charge in [-0.15, -0.1) is 0 Å². The van der Waals surface area contributed by atoms with Gasteiger partial charge in [-0.1, -0.05) is 0 Å². The average Bonchev–Trinajstić information content (AvgIpc) is 2.18. The number of aliphatic imine (C=N–C) groups is 1. The van der Waals surface area contributed by atoms with E-state index in [1.54, 1.807) is 12.3 Å². The summed E-state index contributed by atoms with van der Waals surface area (Å²) in [7, 11) is 3.04. The molecule has 0 radical (unpaired) electrons. The van der Waals surface area contributed by atoms with Crippen LogP contribution in [0.3, 0.4) is 0 Å². The van der Waals surface area contributed by atoms with Crippen molar-refractivity contribution in [2.45, 2.75) is 0 Å². The molecular weight excluding hydrogens is 188 g/mol. The molecule has 1 aromatic rings. The molecule has 0 aromatic carbocycles. The van der Waals surface area contributed by atoms with Crippen molar-refractivity contribution in [2.75, 3.05) is 14.2 Å². The second-order valence-corrected chi connectivity index (χ2v) is 2.26. The van der Waals surface area contributed by atoms with E-state index in [1.807, 2.05) is 0 Å². The zero-order chi connectivity index (χ0) is 9.68. The first-order valence-electron chi connectivity index (χ1n) is 3.48. The number of hydrogen-bond donors (Lipinski definition) is 0. The summed E-state index contributed by atoms with van der Waals surface area (Å²) in [6.45, 7) is 0. The van der Waals surface area contributed by atoms with Crippen LogP contribution in [0.4, 0.5) is 5.69 Å². The van der Waals surface area contributed by atoms with Crippen LogP contribution in [0.2, 0.25) is 0 Å². The number of methoxy groups -OCH3 is 2. The Morgan fingerprint density at radius 1 is 1.46 bits per heavy atom. The number of rotatable bonds is 3. The van der Waals surface area contributed by atoms with Crippen LogP contribution < -0.4 is 9.47 Å². The molecule has 0 atom stereocenters. The third-order valence-electron chi connectivity index (χ3n) is 1.42. The van der Waals surface area contributed by atoms with Crippen LogP contribution in [0.5, 0.6) is 11.6 Å². The number of nitrogens with zero attached hydrogens (tertiary/aromatic N) is 2. The SMILES string of the molecule is COc1ccnc(OC)c1N=C=S. The molecule has 0 spiro atoms. The Labute approximate surface area is 81.2 Å². The molecule has 4 nitrogen and oxygen atoms in total. The summed E-state index contributed by atoms with van der Waals surface area (Å²) in [5.41, 5.74) is 0.461. The maximum atomic E-state index is 5.04. The van der Waals surface area contributed by atoms with Crippen molar-refractivity contribution in [3.05, 3.63) is 12.3 Å². The quantitative estimate of drug-likeness (QED) is 0.546. The van der Waals surface area contributed by atoms with E-state index in [2.05, 4.69) is 27.4 Å². The van der Waals surface area contributed by atoms with Gasteiger partial charge < -0.3 is 9.47 Å². The molecule has 13 heavy (non-hydrogen) atoms. The molecule has 1 aromatic heterocycles. The minimum absolute atomic E-state index is 0.372. The minimum Gasteiger partial charge on any atom is -0.494 e. The fourth-order valence-corrected chi connectivity index (χ4v) is 0.972. The molecule has 1 heterocycles. The second-order valence-electron chi connectivity index (χ2n) is 2.07. The van der Waals surface area contributed by atoms with E-state index in [9.17, 15) is 0 Å². The Bertz CT molecular complexity index is 326. The van der Waals surface area contributed by atoms with Gasteiger partial charge in [0.05, 0.1) is 19.4 Å². The normalized spacial score (nSPS) is 8.77. The Morgan fingerprint density at radius 3 is 2.77 bits per heavy atom. The highest BCUT2D eigenvalue weighted by Crippen LogP contribution is 2.34. The summed E-state index contributed by atoms with van der Waals surface area (Å²) in [6.07, 6.45) is 1.57. The van der Waals surface area contributed by atoms with Gasteiger partial charge >= 0.3 is 0 Å². The molecule has 68 valence electrons. The van der Waals surface area contributed by atoms with E-state index in [0.29, 0.717) is 17.3 Å². The van der Waals surface area contributed by atoms with Gasteiger partial charge in [-0.2, -0.15) is 4.99 Å². The standard InChI is InChI=1S/C8H8N2O2S/c1-11-6-3-4-9-8(12-2)7(6)10-5-13/h3-4H,1-2H3. The molecule has 0 aliphatic carbocycles. The van der Waals surface area contributed by atoms with Crippen molar-refractivity contribution in [2.24, 2.45) is 4.99 Å². The van der Waals surface area contributed by atoms with Gasteiger partial charge in [-0.05, 0) is 12.2 Å². The summed E-state index contributed by atoms with van der Waals surface area (Å²) in [4.78, 5) is 7.74. The molecule has 5 heteroatoms. The average molecular weight is 196 g/mol. The van der Waals surface area contributed by atoms with Gasteiger partial charge in [0.2, 0.25) is 5.88 Å². The zero-order valence-electron chi connectivity index (χ0n) is 7.27. The highest BCUT2D eigenvalue weighted by Gasteiger charge is 2.08. The van der Waals surface area contributed by atoms with Crippen LogP contribution in [0, 0.1) is 0 Å². The van der Waals surface area contributed by atoms with Gasteiger partial charge in [0.1, 0.15) is 0 Å². The van der Waals surface area contributed by atoms with Gasteiger partial charge in [0.15, 0.2) is 11.4 Å². The third-order valence-corrected chi connectivity index (χ3v) is 1.52. The second kappa shape index (κ2) is 4.54. The molecule has 1 rings (SSSR count). The lowest BCUT2D eigenvalue weighted by Crippen LogP contribution is -1.90. The Kier molecular flexibility index (Phi) is 3.37. The van der Waals surface area contributed by atoms with Crippen LogP contribution in [-0.2, 0) is 0 Å². The van der Waals surface area contributed by atoms with E-state index in [-0.39, 0.29) is 0 Å². The highest BCUT2D eigenvalue weighted by atomic mass is 32.1. The molecule has 0 fully saturated rings. The highest BCUT2D eigenvalue weighted by molar-refractivity contribution is 7.78. The van der Waals surface area contributed by atoms with Crippen LogP contribution in [-0.4, -0.2) is 24.4 Å². The molecule has 0 N–H and O–H groups in total. The molecule has 0 saturated heterocycles. The largest absolute Gasteiger partial charge is 0.494 e. The zero-order valence-corrected chi connectivity index (χ0v) is 8.09. The van der Waals surface area contributed by atoms with Crippen molar-refractivity contribution in [1.29, 1.82) is 0 Å². The fraction of sp³-hybridized carbons (Fsp3) is 0.250. The van der Waals surface area contributed by atoms with Crippen molar-refractivity contribution >= 4 is 23.1 Å². The van der Waals surface area contributed by atoms with E-state index in [0.717, 1.165) is 0 Å². The summed E-state index contributed by atoms with van der Waals surface area (Å²) >= 11 is 4.49. The van der Waals surface area contributed by atoms with Crippen LogP contribution >= 0.6 is 12.2 Å². The lowest BCUT2D eigenvalue weighted by atomic mass is 10.4. The van der Waals surface area contributed by atoms with Crippen molar-refractivity contribution in [3.63, 3.8) is 0 Å². The van der Waals surface area contributed by atoms with Crippen molar-refractivity contribution < 1.29 is 9.47 Å². The summed E-state index contributed by atoms with van der Waals surface area (Å²) in [5.74, 6) is 0.931. The number of pyridine rings is 1. The third kappa shape index (κ3) is 2.02. The maximum absolute atomic E-state index is 5.04. The van der Waals surface area contributed by atoms with Crippen LogP contribution in [0.1, 0.15) is 0 Å². The van der Waals surface area contributed by atoms with Gasteiger partial charge in [0.25, 0.3) is 0 Å². The fourth-order valence-electron chi connectivity index (χ4n) is 0.881. The summed E-state index contributed by atoms with van der Waals surface area (Å²) in [6, 6.07) is 1.67. The number of isothiocyanates is 1. The Hall–Kier alpha value is -1.45. The molecular formula is C8H8N2O2S. The topological polar surface area (TPSA) is 43.7 Å². The van der Waals surface area contributed by atoms with Gasteiger partial charge in [0, 0.05) is 12.3 Å². The molecule has 0 saturated carbocycles. The van der Waals surface area contributed by atoms with E-state index < -0.39 is 0 Å². The van der Waals surface area contributed by atoms with E-state index >= 15 is 0 Å². The molecule has 0 aliphatic heterocycles. The maximum Gasteiger partial charge on any atom is 0.244 e. The predicted molar refractivity (Wildman–Crippen MR) is 52.0 cm³/mol. The Balaban J connectivity index is 3.28. The van der Waals surface area contributed by atoms with Gasteiger partial charge in [-0.3, -0.25) is 0 Å². The first-order chi connectivity index (χ1) is 6.33. The summed E-state index contributed by atoms with van der Waals surface area (Å²) < 4.78 is 10.0. The number of ether oxygens (including phenoxy) is 2. The molecule has 0 amide bonds. The van der Waals surface area contributed by atoms with E-state index in [1.165, 1.54) is 14.2 Å². The Morgan fingerprint density at radius 2 is 2.23 bits per heavy atom. The van der Waals surface area contributed by atoms with E-state index in [4.69, 9.17) is 9.47 Å². The number of aromatic nitrogens is 1. The van der Waals surface area contributed by atoms with Crippen LogP contribution in [0.15, 0.2) is 17.3 Å². The summed E-state index contributed by atoms with van der Waals surface area (Å²) in [5, 5.41) is 2.24. The molecule has 0 unspecified atom stereocenters. The van der Waals surface area contributed by atoms with Gasteiger partial charge in [-0.25, -0.2) is 4.98 Å². The number of thiocarbonyl (C=S) groups is 1. The predicted octanol–water partition coefficient (Wildman–Crippen LogP) is 1.83. The van der Waals surface area contributed by atoms with Crippen LogP contribution in [0.25, 0.3) is 0 Å². The lowest BCUT2D eigenvalue weighted by Gasteiger charge is -2.05. The monoisotopic (exact) mass is 196 g/mol. The molecule has 0 bridgehead atoms. The van der Waals surface area contributed by atoms with Crippen molar-refractivity contribution in [3.8, 4) is 11.6 Å². The minimum atomic E-state index is 0.372. The smallest absolute Gasteiger partial charge is 0.244 e. The lowest BCUT2D eigenvalue weighted by molar-refractivity contribution is 0.385. The van der Waals surface area contributed by atoms with Crippen molar-refractivity contribution in [1.82, 2.24) is 4.98 Å².